The number of ketones is 1. The second kappa shape index (κ2) is 8.37. The first-order valence-corrected chi connectivity index (χ1v) is 11.0. The fraction of sp³-hybridized carbons (Fsp3) is 0.391. The number of rotatable bonds is 3. The summed E-state index contributed by atoms with van der Waals surface area (Å²) in [5, 5.41) is 13.5. The van der Waals surface area contributed by atoms with Crippen molar-refractivity contribution in [1.29, 1.82) is 0 Å². The second-order valence-corrected chi connectivity index (χ2v) is 9.92. The van der Waals surface area contributed by atoms with Crippen molar-refractivity contribution < 1.29 is 19.5 Å². The number of benzene rings is 1. The van der Waals surface area contributed by atoms with Gasteiger partial charge in [-0.05, 0) is 35.6 Å². The summed E-state index contributed by atoms with van der Waals surface area (Å²) in [6.07, 6.45) is 5.17. The lowest BCUT2D eigenvalue weighted by Gasteiger charge is -2.39. The topological polar surface area (TPSA) is 99.1 Å². The first kappa shape index (κ1) is 22.6. The maximum atomic E-state index is 13.5. The van der Waals surface area contributed by atoms with Crippen LogP contribution in [-0.2, 0) is 14.4 Å². The standard InChI is InChI=1S/C23H23Cl2N3O4/c1-23(2)9-15-21(18(29)10-23)22(13-4-3-12(24)7-14(13)25)28(19(30)8-20(31)32)17-5-6-26-11-16(17)27-15/h3-7,11,16-17,22,27H,8-10H2,1-2H3,(H,31,32). The SMILES string of the molecule is CC1(C)CC(=O)C2=C(C1)NC1C=NC=CC1N(C(=O)CC(=O)O)C2c1ccc(Cl)cc1Cl. The lowest BCUT2D eigenvalue weighted by Crippen LogP contribution is -2.52. The summed E-state index contributed by atoms with van der Waals surface area (Å²) in [5.41, 5.74) is 1.41. The highest BCUT2D eigenvalue weighted by Gasteiger charge is 2.47. The summed E-state index contributed by atoms with van der Waals surface area (Å²) in [7, 11) is 0. The number of carboxylic acids is 1. The highest BCUT2D eigenvalue weighted by Crippen LogP contribution is 2.46. The molecule has 4 rings (SSSR count). The van der Waals surface area contributed by atoms with Gasteiger partial charge in [0.15, 0.2) is 5.78 Å². The Bertz CT molecular complexity index is 1090. The average Bonchev–Trinajstić information content (AvgIpc) is 2.80. The first-order chi connectivity index (χ1) is 15.1. The van der Waals surface area contributed by atoms with Gasteiger partial charge in [0.05, 0.1) is 18.1 Å². The van der Waals surface area contributed by atoms with Crippen LogP contribution >= 0.6 is 23.2 Å². The largest absolute Gasteiger partial charge is 0.481 e. The molecule has 2 N–H and O–H groups in total. The van der Waals surface area contributed by atoms with E-state index < -0.39 is 36.4 Å². The molecule has 0 fully saturated rings. The Morgan fingerprint density at radius 1 is 1.28 bits per heavy atom. The van der Waals surface area contributed by atoms with E-state index in [2.05, 4.69) is 10.3 Å². The molecular weight excluding hydrogens is 453 g/mol. The van der Waals surface area contributed by atoms with Gasteiger partial charge in [0, 0.05) is 40.2 Å². The number of amides is 1. The maximum absolute atomic E-state index is 13.5. The number of carbonyl (C=O) groups excluding carboxylic acids is 2. The molecule has 32 heavy (non-hydrogen) atoms. The van der Waals surface area contributed by atoms with Gasteiger partial charge in [-0.3, -0.25) is 19.4 Å². The normalized spacial score (nSPS) is 26.2. The van der Waals surface area contributed by atoms with Crippen LogP contribution in [0.2, 0.25) is 10.0 Å². The third kappa shape index (κ3) is 4.19. The second-order valence-electron chi connectivity index (χ2n) is 9.07. The molecule has 3 unspecified atom stereocenters. The van der Waals surface area contributed by atoms with E-state index in [0.717, 1.165) is 5.70 Å². The van der Waals surface area contributed by atoms with Crippen LogP contribution in [0.1, 0.15) is 44.7 Å². The smallest absolute Gasteiger partial charge is 0.312 e. The van der Waals surface area contributed by atoms with Gasteiger partial charge >= 0.3 is 5.97 Å². The predicted molar refractivity (Wildman–Crippen MR) is 122 cm³/mol. The number of nitrogens with zero attached hydrogens (tertiary/aromatic N) is 2. The Labute approximate surface area is 195 Å². The zero-order valence-electron chi connectivity index (χ0n) is 17.6. The maximum Gasteiger partial charge on any atom is 0.312 e. The average molecular weight is 476 g/mol. The molecule has 0 saturated carbocycles. The van der Waals surface area contributed by atoms with E-state index >= 15 is 0 Å². The van der Waals surface area contributed by atoms with Crippen molar-refractivity contribution >= 4 is 47.1 Å². The van der Waals surface area contributed by atoms with Gasteiger partial charge in [0.1, 0.15) is 6.42 Å². The quantitative estimate of drug-likeness (QED) is 0.645. The highest BCUT2D eigenvalue weighted by atomic mass is 35.5. The number of aliphatic carboxylic acids is 1. The van der Waals surface area contributed by atoms with Crippen LogP contribution in [0.25, 0.3) is 0 Å². The Morgan fingerprint density at radius 3 is 2.72 bits per heavy atom. The third-order valence-electron chi connectivity index (χ3n) is 5.97. The minimum atomic E-state index is -1.25. The number of hydrogen-bond donors (Lipinski definition) is 2. The van der Waals surface area contributed by atoms with E-state index in [1.54, 1.807) is 36.7 Å². The molecule has 2 heterocycles. The van der Waals surface area contributed by atoms with Crippen LogP contribution in [-0.4, -0.2) is 46.0 Å². The first-order valence-electron chi connectivity index (χ1n) is 10.3. The van der Waals surface area contributed by atoms with Crippen LogP contribution in [0.15, 0.2) is 46.7 Å². The number of Topliss-reactive ketones (excluding diaryl/α,β-unsaturated/α-hetero) is 1. The van der Waals surface area contributed by atoms with Gasteiger partial charge in [-0.25, -0.2) is 0 Å². The van der Waals surface area contributed by atoms with Crippen LogP contribution in [0, 0.1) is 5.41 Å². The van der Waals surface area contributed by atoms with Gasteiger partial charge < -0.3 is 15.3 Å². The van der Waals surface area contributed by atoms with E-state index in [1.165, 1.54) is 4.90 Å². The molecule has 1 aromatic carbocycles. The van der Waals surface area contributed by atoms with Crippen LogP contribution in [0.3, 0.4) is 0 Å². The van der Waals surface area contributed by atoms with Crippen molar-refractivity contribution in [1.82, 2.24) is 10.2 Å². The number of carbonyl (C=O) groups is 3. The fourth-order valence-corrected chi connectivity index (χ4v) is 5.24. The molecule has 1 aliphatic carbocycles. The molecule has 1 aromatic rings. The predicted octanol–water partition coefficient (Wildman–Crippen LogP) is 3.92. The van der Waals surface area contributed by atoms with Gasteiger partial charge in [0.2, 0.25) is 5.91 Å². The number of halogens is 2. The summed E-state index contributed by atoms with van der Waals surface area (Å²) < 4.78 is 0. The summed E-state index contributed by atoms with van der Waals surface area (Å²) in [4.78, 5) is 43.9. The Kier molecular flexibility index (Phi) is 5.90. The molecule has 0 spiro atoms. The van der Waals surface area contributed by atoms with E-state index in [9.17, 15) is 19.5 Å². The Balaban J connectivity index is 1.98. The number of allylic oxidation sites excluding steroid dienone is 1. The number of nitrogens with one attached hydrogen (secondary N) is 1. The molecule has 0 bridgehead atoms. The summed E-state index contributed by atoms with van der Waals surface area (Å²) in [6, 6.07) is 3.06. The minimum absolute atomic E-state index is 0.104. The van der Waals surface area contributed by atoms with Crippen molar-refractivity contribution in [2.45, 2.75) is 51.2 Å². The summed E-state index contributed by atoms with van der Waals surface area (Å²) in [6.45, 7) is 4.04. The number of aliphatic imine (C=N–C) groups is 1. The number of carboxylic acid groups (broad SMARTS) is 1. The molecule has 0 radical (unpaired) electrons. The van der Waals surface area contributed by atoms with Crippen molar-refractivity contribution in [3.05, 3.63) is 57.4 Å². The molecule has 9 heteroatoms. The number of hydrogen-bond acceptors (Lipinski definition) is 5. The fourth-order valence-electron chi connectivity index (χ4n) is 4.73. The van der Waals surface area contributed by atoms with Crippen molar-refractivity contribution in [3.63, 3.8) is 0 Å². The molecule has 7 nitrogen and oxygen atoms in total. The van der Waals surface area contributed by atoms with Crippen LogP contribution < -0.4 is 5.32 Å². The van der Waals surface area contributed by atoms with E-state index in [1.807, 2.05) is 13.8 Å². The van der Waals surface area contributed by atoms with Gasteiger partial charge in [-0.1, -0.05) is 43.1 Å². The lowest BCUT2D eigenvalue weighted by molar-refractivity contribution is -0.145. The summed E-state index contributed by atoms with van der Waals surface area (Å²) in [5.74, 6) is -1.97. The zero-order valence-corrected chi connectivity index (χ0v) is 19.2. The molecule has 1 amide bonds. The third-order valence-corrected chi connectivity index (χ3v) is 6.53. The van der Waals surface area contributed by atoms with Crippen LogP contribution in [0.5, 0.6) is 0 Å². The van der Waals surface area contributed by atoms with Crippen molar-refractivity contribution in [2.75, 3.05) is 0 Å². The monoisotopic (exact) mass is 475 g/mol. The molecular formula is C23H23Cl2N3O4. The number of fused-ring (bicyclic) bond motifs is 1. The van der Waals surface area contributed by atoms with E-state index in [4.69, 9.17) is 23.2 Å². The van der Waals surface area contributed by atoms with E-state index in [0.29, 0.717) is 34.0 Å². The van der Waals surface area contributed by atoms with E-state index in [-0.39, 0.29) is 11.2 Å². The van der Waals surface area contributed by atoms with Crippen molar-refractivity contribution in [3.8, 4) is 0 Å². The molecule has 0 aromatic heterocycles. The molecule has 168 valence electrons. The summed E-state index contributed by atoms with van der Waals surface area (Å²) >= 11 is 12.7. The molecule has 0 saturated heterocycles. The zero-order chi connectivity index (χ0) is 23.2. The van der Waals surface area contributed by atoms with Gasteiger partial charge in [-0.2, -0.15) is 0 Å². The lowest BCUT2D eigenvalue weighted by atomic mass is 9.73. The van der Waals surface area contributed by atoms with Gasteiger partial charge in [-0.15, -0.1) is 0 Å². The minimum Gasteiger partial charge on any atom is -0.481 e. The molecule has 2 aliphatic heterocycles. The highest BCUT2D eigenvalue weighted by molar-refractivity contribution is 6.35. The Morgan fingerprint density at radius 2 is 2.03 bits per heavy atom. The van der Waals surface area contributed by atoms with Gasteiger partial charge in [0.25, 0.3) is 0 Å². The Hall–Kier alpha value is -2.64. The molecule has 3 atom stereocenters. The van der Waals surface area contributed by atoms with Crippen molar-refractivity contribution in [2.24, 2.45) is 10.4 Å². The molecule has 3 aliphatic rings. The van der Waals surface area contributed by atoms with Crippen LogP contribution in [0.4, 0.5) is 0 Å².